The standard InChI is InChI=1S/C36H41F3N2/c1-25(24-40-34(28-14-8-4-9-15-28)22-27-12-6-3-7-13-27)18-20-31-26(2)32-23-30(36(37,38)39)19-21-33(32)41-35(31)29-16-10-5-11-17-29/h3-16,19,21,23,25-26,29,31,34-35,40-41H,17-18,20,22,24H2,1-2H3/t25-,26+,29?,31-,34?,35+/m1/s1. The lowest BCUT2D eigenvalue weighted by Gasteiger charge is -2.43. The molecule has 5 heteroatoms. The summed E-state index contributed by atoms with van der Waals surface area (Å²) in [5.74, 6) is 1.02. The first-order valence-corrected chi connectivity index (χ1v) is 14.9. The third kappa shape index (κ3) is 7.32. The summed E-state index contributed by atoms with van der Waals surface area (Å²) in [6, 6.07) is 25.8. The number of allylic oxidation sites excluding steroid dienone is 3. The molecule has 6 atom stereocenters. The Kier molecular flexibility index (Phi) is 9.34. The average molecular weight is 559 g/mol. The Morgan fingerprint density at radius 1 is 0.951 bits per heavy atom. The second kappa shape index (κ2) is 13.1. The number of rotatable bonds is 10. The van der Waals surface area contributed by atoms with Crippen LogP contribution in [-0.4, -0.2) is 12.6 Å². The molecule has 2 aliphatic rings. The highest BCUT2D eigenvalue weighted by Crippen LogP contribution is 2.46. The maximum Gasteiger partial charge on any atom is 0.416 e. The Morgan fingerprint density at radius 3 is 2.37 bits per heavy atom. The van der Waals surface area contributed by atoms with Crippen molar-refractivity contribution in [1.82, 2.24) is 5.32 Å². The van der Waals surface area contributed by atoms with Crippen molar-refractivity contribution in [2.45, 2.75) is 63.7 Å². The van der Waals surface area contributed by atoms with Gasteiger partial charge in [-0.15, -0.1) is 0 Å². The van der Waals surface area contributed by atoms with E-state index in [9.17, 15) is 13.2 Å². The zero-order chi connectivity index (χ0) is 28.8. The Bertz CT molecular complexity index is 1320. The van der Waals surface area contributed by atoms with Crippen LogP contribution in [0.15, 0.2) is 103 Å². The molecule has 1 aliphatic heterocycles. The summed E-state index contributed by atoms with van der Waals surface area (Å²) in [6.07, 6.45) is 8.12. The number of benzene rings is 3. The van der Waals surface area contributed by atoms with Crippen LogP contribution < -0.4 is 10.6 Å². The minimum absolute atomic E-state index is 0.0353. The van der Waals surface area contributed by atoms with E-state index in [2.05, 4.69) is 103 Å². The summed E-state index contributed by atoms with van der Waals surface area (Å²) in [5.41, 5.74) is 3.65. The van der Waals surface area contributed by atoms with E-state index in [0.29, 0.717) is 11.8 Å². The average Bonchev–Trinajstić information content (AvgIpc) is 2.99. The van der Waals surface area contributed by atoms with E-state index in [-0.39, 0.29) is 23.9 Å². The first kappa shape index (κ1) is 29.2. The van der Waals surface area contributed by atoms with Crippen molar-refractivity contribution >= 4 is 5.69 Å². The summed E-state index contributed by atoms with van der Waals surface area (Å²) in [6.45, 7) is 5.28. The Balaban J connectivity index is 1.28. The molecule has 2 N–H and O–H groups in total. The smallest absolute Gasteiger partial charge is 0.381 e. The Labute approximate surface area is 242 Å². The minimum atomic E-state index is -4.34. The topological polar surface area (TPSA) is 24.1 Å². The number of fused-ring (bicyclic) bond motifs is 1. The summed E-state index contributed by atoms with van der Waals surface area (Å²) < 4.78 is 40.7. The number of anilines is 1. The molecule has 216 valence electrons. The zero-order valence-corrected chi connectivity index (χ0v) is 23.9. The first-order chi connectivity index (χ1) is 19.8. The van der Waals surface area contributed by atoms with E-state index < -0.39 is 11.7 Å². The third-order valence-corrected chi connectivity index (χ3v) is 8.96. The van der Waals surface area contributed by atoms with Crippen LogP contribution in [0.4, 0.5) is 18.9 Å². The fourth-order valence-electron chi connectivity index (χ4n) is 6.56. The summed E-state index contributed by atoms with van der Waals surface area (Å²) >= 11 is 0. The highest BCUT2D eigenvalue weighted by molar-refractivity contribution is 5.58. The van der Waals surface area contributed by atoms with Crippen LogP contribution in [0.25, 0.3) is 0 Å². The van der Waals surface area contributed by atoms with Crippen LogP contribution >= 0.6 is 0 Å². The van der Waals surface area contributed by atoms with E-state index in [1.807, 2.05) is 6.07 Å². The van der Waals surface area contributed by atoms with Crippen molar-refractivity contribution in [3.8, 4) is 0 Å². The second-order valence-corrected chi connectivity index (χ2v) is 11.9. The monoisotopic (exact) mass is 558 g/mol. The quantitative estimate of drug-likeness (QED) is 0.259. The van der Waals surface area contributed by atoms with Crippen molar-refractivity contribution in [1.29, 1.82) is 0 Å². The van der Waals surface area contributed by atoms with Crippen LogP contribution in [0.1, 0.15) is 67.3 Å². The molecule has 0 amide bonds. The largest absolute Gasteiger partial charge is 0.416 e. The van der Waals surface area contributed by atoms with Gasteiger partial charge in [0.05, 0.1) is 5.56 Å². The maximum absolute atomic E-state index is 13.6. The van der Waals surface area contributed by atoms with Crippen molar-refractivity contribution < 1.29 is 13.2 Å². The lowest BCUT2D eigenvalue weighted by atomic mass is 9.70. The highest BCUT2D eigenvalue weighted by atomic mass is 19.4. The van der Waals surface area contributed by atoms with Gasteiger partial charge in [0, 0.05) is 23.7 Å². The minimum Gasteiger partial charge on any atom is -0.381 e. The SMILES string of the molecule is C[C@H](CC[C@@H]1[C@H](C)c2cc(C(F)(F)F)ccc2N[C@H]1C1C=CC=CC1)CNC(Cc1ccccc1)c1ccccc1. The van der Waals surface area contributed by atoms with Gasteiger partial charge in [0.15, 0.2) is 0 Å². The van der Waals surface area contributed by atoms with Crippen molar-refractivity contribution in [3.63, 3.8) is 0 Å². The predicted octanol–water partition coefficient (Wildman–Crippen LogP) is 9.34. The molecular weight excluding hydrogens is 517 g/mol. The van der Waals surface area contributed by atoms with E-state index in [1.54, 1.807) is 6.07 Å². The van der Waals surface area contributed by atoms with Gasteiger partial charge in [0.1, 0.15) is 0 Å². The summed E-state index contributed by atoms with van der Waals surface area (Å²) in [7, 11) is 0. The van der Waals surface area contributed by atoms with Crippen LogP contribution in [0.5, 0.6) is 0 Å². The second-order valence-electron chi connectivity index (χ2n) is 11.9. The summed E-state index contributed by atoms with van der Waals surface area (Å²) in [4.78, 5) is 0. The van der Waals surface area contributed by atoms with Crippen LogP contribution in [-0.2, 0) is 12.6 Å². The van der Waals surface area contributed by atoms with Crippen LogP contribution in [0.2, 0.25) is 0 Å². The Hall–Kier alpha value is -3.31. The van der Waals surface area contributed by atoms with Gasteiger partial charge < -0.3 is 10.6 Å². The number of alkyl halides is 3. The molecule has 2 nitrogen and oxygen atoms in total. The van der Waals surface area contributed by atoms with Crippen molar-refractivity contribution in [2.24, 2.45) is 17.8 Å². The summed E-state index contributed by atoms with van der Waals surface area (Å²) in [5, 5.41) is 7.52. The van der Waals surface area contributed by atoms with Gasteiger partial charge in [-0.05, 0) is 84.9 Å². The molecule has 3 aromatic carbocycles. The molecule has 0 spiro atoms. The number of nitrogens with one attached hydrogen (secondary N) is 2. The van der Waals surface area contributed by atoms with E-state index in [1.165, 1.54) is 23.3 Å². The normalized spacial score (nSPS) is 23.4. The molecule has 3 aromatic rings. The van der Waals surface area contributed by atoms with E-state index in [0.717, 1.165) is 43.5 Å². The molecule has 0 fully saturated rings. The third-order valence-electron chi connectivity index (χ3n) is 8.96. The van der Waals surface area contributed by atoms with Gasteiger partial charge in [-0.1, -0.05) is 98.8 Å². The molecule has 0 saturated carbocycles. The zero-order valence-electron chi connectivity index (χ0n) is 23.9. The molecule has 1 heterocycles. The van der Waals surface area contributed by atoms with Gasteiger partial charge >= 0.3 is 6.18 Å². The number of halogens is 3. The fraction of sp³-hybridized carbons (Fsp3) is 0.389. The first-order valence-electron chi connectivity index (χ1n) is 14.9. The molecular formula is C36H41F3N2. The van der Waals surface area contributed by atoms with Gasteiger partial charge in [0.25, 0.3) is 0 Å². The number of hydrogen-bond donors (Lipinski definition) is 2. The highest BCUT2D eigenvalue weighted by Gasteiger charge is 2.39. The molecule has 0 bridgehead atoms. The molecule has 0 radical (unpaired) electrons. The molecule has 2 unspecified atom stereocenters. The van der Waals surface area contributed by atoms with Gasteiger partial charge in [-0.25, -0.2) is 0 Å². The van der Waals surface area contributed by atoms with Crippen LogP contribution in [0.3, 0.4) is 0 Å². The van der Waals surface area contributed by atoms with Gasteiger partial charge in [0.2, 0.25) is 0 Å². The van der Waals surface area contributed by atoms with Crippen molar-refractivity contribution in [2.75, 3.05) is 11.9 Å². The van der Waals surface area contributed by atoms with Crippen LogP contribution in [0, 0.1) is 17.8 Å². The lowest BCUT2D eigenvalue weighted by Crippen LogP contribution is -2.42. The molecule has 0 aromatic heterocycles. The maximum atomic E-state index is 13.6. The molecule has 0 saturated heterocycles. The fourth-order valence-corrected chi connectivity index (χ4v) is 6.56. The van der Waals surface area contributed by atoms with Gasteiger partial charge in [-0.2, -0.15) is 13.2 Å². The van der Waals surface area contributed by atoms with E-state index >= 15 is 0 Å². The molecule has 41 heavy (non-hydrogen) atoms. The molecule has 5 rings (SSSR count). The van der Waals surface area contributed by atoms with Crippen molar-refractivity contribution in [3.05, 3.63) is 125 Å². The van der Waals surface area contributed by atoms with Gasteiger partial charge in [-0.3, -0.25) is 0 Å². The Morgan fingerprint density at radius 2 is 1.68 bits per heavy atom. The number of hydrogen-bond acceptors (Lipinski definition) is 2. The molecule has 1 aliphatic carbocycles. The predicted molar refractivity (Wildman–Crippen MR) is 163 cm³/mol. The van der Waals surface area contributed by atoms with E-state index in [4.69, 9.17) is 0 Å². The lowest BCUT2D eigenvalue weighted by molar-refractivity contribution is -0.137.